The molecule has 2 aromatic heterocycles. The number of fused-ring (bicyclic) bond motifs is 3. The lowest BCUT2D eigenvalue weighted by molar-refractivity contribution is 0.700. The molecule has 1 aliphatic rings. The van der Waals surface area contributed by atoms with Crippen molar-refractivity contribution in [1.82, 2.24) is 9.97 Å². The molecule has 4 nitrogen and oxygen atoms in total. The fraction of sp³-hybridized carbons (Fsp3) is 0.455. The molecule has 0 aromatic carbocycles. The Labute approximate surface area is 98.1 Å². The molecule has 2 aromatic rings. The second-order valence-electron chi connectivity index (χ2n) is 4.20. The highest BCUT2D eigenvalue weighted by Gasteiger charge is 2.20. The number of hydrazine groups is 1. The molecule has 2 heterocycles. The Morgan fingerprint density at radius 3 is 2.94 bits per heavy atom. The lowest BCUT2D eigenvalue weighted by Crippen LogP contribution is -2.26. The van der Waals surface area contributed by atoms with Crippen molar-refractivity contribution in [2.45, 2.75) is 25.7 Å². The molecule has 16 heavy (non-hydrogen) atoms. The summed E-state index contributed by atoms with van der Waals surface area (Å²) >= 11 is 1.80. The molecule has 2 N–H and O–H groups in total. The first-order chi connectivity index (χ1) is 7.77. The minimum atomic E-state index is 0.851. The van der Waals surface area contributed by atoms with Crippen molar-refractivity contribution in [3.63, 3.8) is 0 Å². The summed E-state index contributed by atoms with van der Waals surface area (Å²) in [7, 11) is 1.83. The molecule has 0 unspecified atom stereocenters. The highest BCUT2D eigenvalue weighted by atomic mass is 32.1. The number of nitrogens with two attached hydrogens (primary N) is 1. The number of nitrogens with zero attached hydrogens (tertiary/aromatic N) is 3. The molecule has 0 aliphatic heterocycles. The Bertz CT molecular complexity index is 532. The van der Waals surface area contributed by atoms with E-state index >= 15 is 0 Å². The number of aryl methyl sites for hydroxylation is 2. The topological polar surface area (TPSA) is 55.0 Å². The molecule has 0 amide bonds. The zero-order valence-corrected chi connectivity index (χ0v) is 10.0. The number of hydrogen-bond acceptors (Lipinski definition) is 5. The van der Waals surface area contributed by atoms with Crippen LogP contribution in [0.15, 0.2) is 6.33 Å². The zero-order valence-electron chi connectivity index (χ0n) is 9.23. The van der Waals surface area contributed by atoms with Crippen LogP contribution in [0.3, 0.4) is 0 Å². The minimum absolute atomic E-state index is 0.851. The summed E-state index contributed by atoms with van der Waals surface area (Å²) in [5.74, 6) is 6.67. The van der Waals surface area contributed by atoms with Gasteiger partial charge in [0, 0.05) is 11.9 Å². The van der Waals surface area contributed by atoms with Crippen LogP contribution >= 0.6 is 11.3 Å². The maximum absolute atomic E-state index is 5.82. The van der Waals surface area contributed by atoms with E-state index in [1.54, 1.807) is 22.7 Å². The highest BCUT2D eigenvalue weighted by Crippen LogP contribution is 2.38. The van der Waals surface area contributed by atoms with Crippen LogP contribution in [-0.4, -0.2) is 17.0 Å². The van der Waals surface area contributed by atoms with E-state index < -0.39 is 0 Å². The first-order valence-electron chi connectivity index (χ1n) is 5.51. The summed E-state index contributed by atoms with van der Waals surface area (Å²) in [6.45, 7) is 0. The molecule has 0 saturated carbocycles. The quantitative estimate of drug-likeness (QED) is 0.604. The fourth-order valence-corrected chi connectivity index (χ4v) is 3.56. The predicted molar refractivity (Wildman–Crippen MR) is 66.6 cm³/mol. The molecule has 84 valence electrons. The average molecular weight is 234 g/mol. The first kappa shape index (κ1) is 9.99. The Balaban J connectivity index is 2.32. The molecule has 0 atom stereocenters. The van der Waals surface area contributed by atoms with E-state index in [4.69, 9.17) is 5.84 Å². The van der Waals surface area contributed by atoms with Crippen LogP contribution in [0.1, 0.15) is 23.3 Å². The Morgan fingerprint density at radius 2 is 2.12 bits per heavy atom. The third-order valence-corrected chi connectivity index (χ3v) is 4.27. The monoisotopic (exact) mass is 234 g/mol. The van der Waals surface area contributed by atoms with Crippen molar-refractivity contribution in [1.29, 1.82) is 0 Å². The second-order valence-corrected chi connectivity index (χ2v) is 5.28. The van der Waals surface area contributed by atoms with Gasteiger partial charge >= 0.3 is 0 Å². The summed E-state index contributed by atoms with van der Waals surface area (Å²) in [5, 5.41) is 2.76. The largest absolute Gasteiger partial charge is 0.297 e. The molecule has 0 fully saturated rings. The Morgan fingerprint density at radius 1 is 1.31 bits per heavy atom. The van der Waals surface area contributed by atoms with Crippen molar-refractivity contribution in [3.05, 3.63) is 16.8 Å². The maximum atomic E-state index is 5.82. The third-order valence-electron chi connectivity index (χ3n) is 3.07. The smallest absolute Gasteiger partial charge is 0.154 e. The zero-order chi connectivity index (χ0) is 11.1. The van der Waals surface area contributed by atoms with Crippen molar-refractivity contribution >= 4 is 27.4 Å². The van der Waals surface area contributed by atoms with Crippen LogP contribution in [0.25, 0.3) is 10.2 Å². The molecule has 3 rings (SSSR count). The van der Waals surface area contributed by atoms with Crippen LogP contribution in [0, 0.1) is 0 Å². The van der Waals surface area contributed by atoms with Gasteiger partial charge in [0.25, 0.3) is 0 Å². The van der Waals surface area contributed by atoms with E-state index in [9.17, 15) is 0 Å². The summed E-state index contributed by atoms with van der Waals surface area (Å²) in [6.07, 6.45) is 6.49. The Kier molecular flexibility index (Phi) is 2.29. The molecule has 0 spiro atoms. The van der Waals surface area contributed by atoms with Crippen LogP contribution in [-0.2, 0) is 12.8 Å². The van der Waals surface area contributed by atoms with Crippen molar-refractivity contribution in [3.8, 4) is 0 Å². The van der Waals surface area contributed by atoms with E-state index in [2.05, 4.69) is 9.97 Å². The van der Waals surface area contributed by atoms with Gasteiger partial charge in [-0.15, -0.1) is 11.3 Å². The molecule has 0 saturated heterocycles. The van der Waals surface area contributed by atoms with Gasteiger partial charge in [-0.1, -0.05) is 0 Å². The summed E-state index contributed by atoms with van der Waals surface area (Å²) in [4.78, 5) is 11.2. The van der Waals surface area contributed by atoms with Gasteiger partial charge in [-0.2, -0.15) is 0 Å². The van der Waals surface area contributed by atoms with Gasteiger partial charge in [0.2, 0.25) is 0 Å². The van der Waals surface area contributed by atoms with Crippen molar-refractivity contribution < 1.29 is 0 Å². The van der Waals surface area contributed by atoms with Crippen molar-refractivity contribution in [2.24, 2.45) is 5.84 Å². The number of rotatable bonds is 1. The van der Waals surface area contributed by atoms with Crippen LogP contribution in [0.4, 0.5) is 5.82 Å². The molecule has 5 heteroatoms. The molecule has 0 radical (unpaired) electrons. The number of aromatic nitrogens is 2. The number of thiophene rings is 1. The predicted octanol–water partition coefficient (Wildman–Crippen LogP) is 1.88. The van der Waals surface area contributed by atoms with E-state index in [0.29, 0.717) is 0 Å². The lowest BCUT2D eigenvalue weighted by Gasteiger charge is -2.14. The average Bonchev–Trinajstić information content (AvgIpc) is 2.66. The third kappa shape index (κ3) is 1.39. The van der Waals surface area contributed by atoms with Crippen molar-refractivity contribution in [2.75, 3.05) is 12.1 Å². The SMILES string of the molecule is CN(N)c1ncnc2sc3c(c12)CCCC3. The van der Waals surface area contributed by atoms with Gasteiger partial charge in [-0.3, -0.25) is 5.01 Å². The summed E-state index contributed by atoms with van der Waals surface area (Å²) in [6, 6.07) is 0. The fourth-order valence-electron chi connectivity index (χ4n) is 2.34. The van der Waals surface area contributed by atoms with Gasteiger partial charge < -0.3 is 0 Å². The maximum Gasteiger partial charge on any atom is 0.154 e. The van der Waals surface area contributed by atoms with E-state index in [1.807, 2.05) is 7.05 Å². The van der Waals surface area contributed by atoms with Gasteiger partial charge in [-0.05, 0) is 31.2 Å². The van der Waals surface area contributed by atoms with Gasteiger partial charge in [0.15, 0.2) is 5.82 Å². The number of hydrogen-bond donors (Lipinski definition) is 1. The molecular weight excluding hydrogens is 220 g/mol. The van der Waals surface area contributed by atoms with Gasteiger partial charge in [0.1, 0.15) is 11.2 Å². The lowest BCUT2D eigenvalue weighted by atomic mass is 9.97. The van der Waals surface area contributed by atoms with E-state index in [1.165, 1.54) is 35.1 Å². The minimum Gasteiger partial charge on any atom is -0.297 e. The standard InChI is InChI=1S/C11H14N4S/c1-15(12)10-9-7-4-2-3-5-8(7)16-11(9)14-6-13-10/h6H,2-5,12H2,1H3. The Hall–Kier alpha value is -1.20. The number of anilines is 1. The normalized spacial score (nSPS) is 15.1. The summed E-state index contributed by atoms with van der Waals surface area (Å²) < 4.78 is 0. The van der Waals surface area contributed by atoms with Crippen LogP contribution < -0.4 is 10.9 Å². The second kappa shape index (κ2) is 3.68. The van der Waals surface area contributed by atoms with Gasteiger partial charge in [-0.25, -0.2) is 15.8 Å². The van der Waals surface area contributed by atoms with Crippen LogP contribution in [0.2, 0.25) is 0 Å². The van der Waals surface area contributed by atoms with Crippen LogP contribution in [0.5, 0.6) is 0 Å². The van der Waals surface area contributed by atoms with E-state index in [-0.39, 0.29) is 0 Å². The first-order valence-corrected chi connectivity index (χ1v) is 6.32. The highest BCUT2D eigenvalue weighted by molar-refractivity contribution is 7.19. The van der Waals surface area contributed by atoms with E-state index in [0.717, 1.165) is 17.1 Å². The van der Waals surface area contributed by atoms with Gasteiger partial charge in [0.05, 0.1) is 5.39 Å². The molecular formula is C11H14N4S. The summed E-state index contributed by atoms with van der Waals surface area (Å²) in [5.41, 5.74) is 1.43. The molecule has 0 bridgehead atoms. The molecule has 1 aliphatic carbocycles.